The summed E-state index contributed by atoms with van der Waals surface area (Å²) < 4.78 is 23.8. The van der Waals surface area contributed by atoms with Crippen LogP contribution >= 0.6 is 7.82 Å². The molecule has 0 saturated heterocycles. The van der Waals surface area contributed by atoms with Gasteiger partial charge in [-0.15, -0.1) is 0 Å². The van der Waals surface area contributed by atoms with Crippen LogP contribution in [0.2, 0.25) is 0 Å². The zero-order valence-corrected chi connectivity index (χ0v) is 51.3. The lowest BCUT2D eigenvalue weighted by molar-refractivity contribution is -0.870. The third kappa shape index (κ3) is 58.7. The van der Waals surface area contributed by atoms with E-state index in [-0.39, 0.29) is 19.1 Å². The van der Waals surface area contributed by atoms with Gasteiger partial charge in [-0.1, -0.05) is 308 Å². The van der Waals surface area contributed by atoms with Crippen molar-refractivity contribution in [3.8, 4) is 0 Å². The Hall–Kier alpha value is -1.02. The van der Waals surface area contributed by atoms with Crippen molar-refractivity contribution in [2.75, 3.05) is 40.9 Å². The Morgan fingerprint density at radius 3 is 1.04 bits per heavy atom. The second-order valence-corrected chi connectivity index (χ2v) is 25.3. The van der Waals surface area contributed by atoms with E-state index in [4.69, 9.17) is 9.05 Å². The number of hydrogen-bond donors (Lipinski definition) is 3. The van der Waals surface area contributed by atoms with Crippen LogP contribution in [0.1, 0.15) is 335 Å². The molecule has 1 amide bonds. The molecule has 0 rings (SSSR count). The fourth-order valence-electron chi connectivity index (χ4n) is 10.0. The number of allylic oxidation sites excluding steroid dienone is 3. The van der Waals surface area contributed by atoms with E-state index in [2.05, 4.69) is 31.3 Å². The first-order chi connectivity index (χ1) is 36.0. The van der Waals surface area contributed by atoms with E-state index in [9.17, 15) is 19.4 Å². The van der Waals surface area contributed by atoms with Gasteiger partial charge >= 0.3 is 7.82 Å². The van der Waals surface area contributed by atoms with Crippen LogP contribution in [0.3, 0.4) is 0 Å². The molecule has 0 aromatic heterocycles. The number of quaternary nitrogens is 1. The Kier molecular flexibility index (Phi) is 55.9. The van der Waals surface area contributed by atoms with Gasteiger partial charge in [-0.05, 0) is 44.9 Å². The SMILES string of the molecule is CCCCCCCCCCCCCC/C=C\CCCCCCCCCCCCCCCCCC(=O)NC(COP(=O)(O)OCC[N+](C)(C)C)C(O)/C=C/CCCCCCCCCCCCCCCCCCCCC. The summed E-state index contributed by atoms with van der Waals surface area (Å²) in [4.78, 5) is 23.4. The highest BCUT2D eigenvalue weighted by molar-refractivity contribution is 7.47. The molecule has 0 aromatic carbocycles. The quantitative estimate of drug-likeness (QED) is 0.0243. The highest BCUT2D eigenvalue weighted by Crippen LogP contribution is 2.43. The van der Waals surface area contributed by atoms with Crippen molar-refractivity contribution < 1.29 is 32.9 Å². The zero-order valence-electron chi connectivity index (χ0n) is 50.4. The maximum absolute atomic E-state index is 13.0. The number of nitrogens with zero attached hydrogens (tertiary/aromatic N) is 1. The van der Waals surface area contributed by atoms with E-state index >= 15 is 0 Å². The lowest BCUT2D eigenvalue weighted by Gasteiger charge is -2.25. The minimum Gasteiger partial charge on any atom is -0.387 e. The molecule has 3 atom stereocenters. The van der Waals surface area contributed by atoms with E-state index < -0.39 is 20.0 Å². The number of aliphatic hydroxyl groups is 1. The number of likely N-dealkylation sites (N-methyl/N-ethyl adjacent to an activating group) is 1. The lowest BCUT2D eigenvalue weighted by Crippen LogP contribution is -2.45. The Balaban J connectivity index is 4.06. The second-order valence-electron chi connectivity index (χ2n) is 23.8. The fraction of sp³-hybridized carbons (Fsp3) is 0.923. The van der Waals surface area contributed by atoms with Crippen LogP contribution in [0.25, 0.3) is 0 Å². The molecule has 9 heteroatoms. The normalized spacial score (nSPS) is 13.9. The molecule has 0 aliphatic rings. The van der Waals surface area contributed by atoms with Gasteiger partial charge < -0.3 is 19.8 Å². The Labute approximate surface area is 462 Å². The molecule has 3 N–H and O–H groups in total. The van der Waals surface area contributed by atoms with Crippen LogP contribution in [0, 0.1) is 0 Å². The molecule has 0 fully saturated rings. The highest BCUT2D eigenvalue weighted by atomic mass is 31.2. The molecule has 0 bridgehead atoms. The minimum absolute atomic E-state index is 0.0640. The predicted octanol–water partition coefficient (Wildman–Crippen LogP) is 20.3. The molecule has 0 spiro atoms. The van der Waals surface area contributed by atoms with Crippen molar-refractivity contribution in [2.24, 2.45) is 0 Å². The van der Waals surface area contributed by atoms with Crippen molar-refractivity contribution in [2.45, 2.75) is 347 Å². The summed E-state index contributed by atoms with van der Waals surface area (Å²) >= 11 is 0. The van der Waals surface area contributed by atoms with Crippen LogP contribution in [-0.2, 0) is 18.4 Å². The monoisotopic (exact) mass is 1070 g/mol. The number of carbonyl (C=O) groups excluding carboxylic acids is 1. The summed E-state index contributed by atoms with van der Waals surface area (Å²) in [6.07, 6.45) is 73.1. The van der Waals surface area contributed by atoms with Crippen molar-refractivity contribution in [1.29, 1.82) is 0 Å². The van der Waals surface area contributed by atoms with Gasteiger partial charge in [0.15, 0.2) is 0 Å². The van der Waals surface area contributed by atoms with Crippen LogP contribution in [0.15, 0.2) is 24.3 Å². The first-order valence-corrected chi connectivity index (χ1v) is 34.2. The van der Waals surface area contributed by atoms with Crippen LogP contribution in [0.5, 0.6) is 0 Å². The van der Waals surface area contributed by atoms with Crippen LogP contribution in [-0.4, -0.2) is 73.4 Å². The van der Waals surface area contributed by atoms with E-state index in [1.165, 1.54) is 283 Å². The van der Waals surface area contributed by atoms with E-state index in [0.29, 0.717) is 17.4 Å². The summed E-state index contributed by atoms with van der Waals surface area (Å²) in [5.74, 6) is -0.170. The lowest BCUT2D eigenvalue weighted by atomic mass is 10.0. The van der Waals surface area contributed by atoms with Crippen LogP contribution < -0.4 is 5.32 Å². The van der Waals surface area contributed by atoms with E-state index in [0.717, 1.165) is 32.1 Å². The molecule has 0 aliphatic heterocycles. The first kappa shape index (κ1) is 73.0. The summed E-state index contributed by atoms with van der Waals surface area (Å²) in [5, 5.41) is 14.0. The van der Waals surface area contributed by atoms with E-state index in [1.807, 2.05) is 27.2 Å². The molecule has 0 aliphatic carbocycles. The number of hydrogen-bond acceptors (Lipinski definition) is 5. The Morgan fingerprint density at radius 2 is 0.730 bits per heavy atom. The third-order valence-electron chi connectivity index (χ3n) is 15.2. The second kappa shape index (κ2) is 56.7. The molecule has 8 nitrogen and oxygen atoms in total. The van der Waals surface area contributed by atoms with Gasteiger partial charge in [-0.3, -0.25) is 13.8 Å². The number of aliphatic hydroxyl groups excluding tert-OH is 1. The molecule has 0 aromatic rings. The Morgan fingerprint density at radius 1 is 0.446 bits per heavy atom. The standard InChI is InChI=1S/C65H129N2O6P/c1-6-8-10-12-14-16-18-20-22-24-26-28-29-30-31-32-33-34-35-36-37-39-41-43-45-47-49-51-53-55-57-59-65(69)66-63(62-73-74(70,71)72-61-60-67(3,4)5)64(68)58-56-54-52-50-48-46-44-42-40-38-27-25-23-21-19-17-15-13-11-9-7-2/h30-31,56,58,63-64,68H,6-29,32-55,57,59-62H2,1-5H3,(H-,66,69,70,71)/p+1/b31-30-,58-56+. The minimum atomic E-state index is -4.35. The van der Waals surface area contributed by atoms with Crippen molar-refractivity contribution >= 4 is 13.7 Å². The number of nitrogens with one attached hydrogen (secondary N) is 1. The first-order valence-electron chi connectivity index (χ1n) is 32.7. The van der Waals surface area contributed by atoms with Crippen LogP contribution in [0.4, 0.5) is 0 Å². The van der Waals surface area contributed by atoms with Gasteiger partial charge in [0.2, 0.25) is 5.91 Å². The molecule has 440 valence electrons. The van der Waals surface area contributed by atoms with Crippen molar-refractivity contribution in [3.63, 3.8) is 0 Å². The van der Waals surface area contributed by atoms with Gasteiger partial charge in [0, 0.05) is 6.42 Å². The average molecular weight is 1070 g/mol. The zero-order chi connectivity index (χ0) is 54.2. The summed E-state index contributed by atoms with van der Waals surface area (Å²) in [7, 11) is 1.59. The topological polar surface area (TPSA) is 105 Å². The molecule has 74 heavy (non-hydrogen) atoms. The van der Waals surface area contributed by atoms with Gasteiger partial charge in [-0.25, -0.2) is 4.57 Å². The van der Waals surface area contributed by atoms with Gasteiger partial charge in [0.1, 0.15) is 13.2 Å². The van der Waals surface area contributed by atoms with Gasteiger partial charge in [0.25, 0.3) is 0 Å². The maximum Gasteiger partial charge on any atom is 0.472 e. The van der Waals surface area contributed by atoms with Gasteiger partial charge in [0.05, 0.1) is 39.9 Å². The third-order valence-corrected chi connectivity index (χ3v) is 16.1. The van der Waals surface area contributed by atoms with Crippen molar-refractivity contribution in [3.05, 3.63) is 24.3 Å². The average Bonchev–Trinajstić information content (AvgIpc) is 3.36. The maximum atomic E-state index is 13.0. The summed E-state index contributed by atoms with van der Waals surface area (Å²) in [6, 6.07) is -0.845. The number of carbonyl (C=O) groups is 1. The number of unbranched alkanes of at least 4 members (excludes halogenated alkanes) is 46. The summed E-state index contributed by atoms with van der Waals surface area (Å²) in [6.45, 7) is 4.87. The molecule has 0 saturated carbocycles. The molecular weight excluding hydrogens is 936 g/mol. The number of phosphoric acid groups is 1. The van der Waals surface area contributed by atoms with E-state index in [1.54, 1.807) is 6.08 Å². The smallest absolute Gasteiger partial charge is 0.387 e. The molecule has 3 unspecified atom stereocenters. The molecular formula is C65H130N2O6P+. The molecule has 0 heterocycles. The van der Waals surface area contributed by atoms with Gasteiger partial charge in [-0.2, -0.15) is 0 Å². The largest absolute Gasteiger partial charge is 0.472 e. The number of rotatable bonds is 61. The van der Waals surface area contributed by atoms with Crippen molar-refractivity contribution in [1.82, 2.24) is 5.32 Å². The molecule has 0 radical (unpaired) electrons. The summed E-state index contributed by atoms with van der Waals surface area (Å²) in [5.41, 5.74) is 0. The Bertz CT molecular complexity index is 1260. The fourth-order valence-corrected chi connectivity index (χ4v) is 10.8. The number of amides is 1. The number of phosphoric ester groups is 1. The highest BCUT2D eigenvalue weighted by Gasteiger charge is 2.28. The predicted molar refractivity (Wildman–Crippen MR) is 323 cm³/mol.